The van der Waals surface area contributed by atoms with E-state index in [0.29, 0.717) is 5.92 Å². The van der Waals surface area contributed by atoms with Crippen molar-refractivity contribution < 1.29 is 5.73 Å². The molecule has 0 aliphatic rings. The molecule has 0 aliphatic carbocycles. The molecule has 0 unspecified atom stereocenters. The molecule has 0 spiro atoms. The highest BCUT2D eigenvalue weighted by molar-refractivity contribution is 6.30. The molecule has 16 heavy (non-hydrogen) atoms. The Bertz CT molecular complexity index is 436. The van der Waals surface area contributed by atoms with Crippen molar-refractivity contribution in [3.05, 3.63) is 70.7 Å². The van der Waals surface area contributed by atoms with E-state index in [-0.39, 0.29) is 0 Å². The van der Waals surface area contributed by atoms with Gasteiger partial charge >= 0.3 is 0 Å². The van der Waals surface area contributed by atoms with E-state index in [0.717, 1.165) is 11.6 Å². The minimum Gasteiger partial charge on any atom is -0.357 e. The van der Waals surface area contributed by atoms with Crippen LogP contribution in [-0.4, -0.2) is 6.54 Å². The minimum absolute atomic E-state index is 0.360. The maximum Gasteiger partial charge on any atom is 0.0850 e. The van der Waals surface area contributed by atoms with Gasteiger partial charge in [-0.2, -0.15) is 0 Å². The fourth-order valence-corrected chi connectivity index (χ4v) is 2.03. The molecule has 2 heteroatoms. The molecule has 0 bridgehead atoms. The van der Waals surface area contributed by atoms with Gasteiger partial charge in [0.05, 0.1) is 12.5 Å². The third kappa shape index (κ3) is 2.43. The fraction of sp³-hybridized carbons (Fsp3) is 0.143. The lowest BCUT2D eigenvalue weighted by Gasteiger charge is -2.13. The smallest absolute Gasteiger partial charge is 0.0850 e. The van der Waals surface area contributed by atoms with Crippen LogP contribution in [0.25, 0.3) is 0 Å². The lowest BCUT2D eigenvalue weighted by molar-refractivity contribution is -0.370. The molecule has 2 rings (SSSR count). The van der Waals surface area contributed by atoms with Crippen LogP contribution in [0.1, 0.15) is 17.0 Å². The van der Waals surface area contributed by atoms with Crippen LogP contribution < -0.4 is 5.73 Å². The summed E-state index contributed by atoms with van der Waals surface area (Å²) in [5, 5.41) is 0.777. The number of benzene rings is 2. The van der Waals surface area contributed by atoms with Crippen LogP contribution in [0.15, 0.2) is 54.6 Å². The van der Waals surface area contributed by atoms with Gasteiger partial charge in [0, 0.05) is 5.02 Å². The Morgan fingerprint density at radius 2 is 1.44 bits per heavy atom. The van der Waals surface area contributed by atoms with Crippen LogP contribution in [0.2, 0.25) is 5.02 Å². The second-order valence-electron chi connectivity index (χ2n) is 3.80. The molecule has 0 heterocycles. The number of hydrogen-bond donors (Lipinski definition) is 1. The van der Waals surface area contributed by atoms with E-state index in [1.807, 2.05) is 18.2 Å². The first-order valence-electron chi connectivity index (χ1n) is 5.41. The Balaban J connectivity index is 2.33. The topological polar surface area (TPSA) is 27.6 Å². The van der Waals surface area contributed by atoms with Gasteiger partial charge in [-0.3, -0.25) is 0 Å². The SMILES string of the molecule is [NH3+]C[C@H](c1ccccc1)c1ccc(Cl)cc1. The lowest BCUT2D eigenvalue weighted by Crippen LogP contribution is -2.53. The molecule has 0 radical (unpaired) electrons. The summed E-state index contributed by atoms with van der Waals surface area (Å²) in [5.74, 6) is 0.360. The summed E-state index contributed by atoms with van der Waals surface area (Å²) in [6.45, 7) is 0.853. The van der Waals surface area contributed by atoms with Crippen molar-refractivity contribution in [2.45, 2.75) is 5.92 Å². The predicted octanol–water partition coefficient (Wildman–Crippen LogP) is 2.71. The summed E-state index contributed by atoms with van der Waals surface area (Å²) in [4.78, 5) is 0. The van der Waals surface area contributed by atoms with Crippen molar-refractivity contribution in [1.82, 2.24) is 0 Å². The molecule has 0 saturated heterocycles. The van der Waals surface area contributed by atoms with E-state index < -0.39 is 0 Å². The van der Waals surface area contributed by atoms with E-state index in [2.05, 4.69) is 42.1 Å². The van der Waals surface area contributed by atoms with Crippen LogP contribution in [0.4, 0.5) is 0 Å². The normalized spacial score (nSPS) is 12.4. The quantitative estimate of drug-likeness (QED) is 0.843. The standard InChI is InChI=1S/C14H14ClN/c15-13-8-6-12(7-9-13)14(10-16)11-4-2-1-3-5-11/h1-9,14H,10,16H2/p+1/t14-/m1/s1. The zero-order chi connectivity index (χ0) is 11.4. The van der Waals surface area contributed by atoms with Crippen LogP contribution in [0.5, 0.6) is 0 Å². The molecule has 0 amide bonds. The minimum atomic E-state index is 0.360. The average Bonchev–Trinajstić information content (AvgIpc) is 2.34. The van der Waals surface area contributed by atoms with Gasteiger partial charge in [-0.15, -0.1) is 0 Å². The molecule has 0 fully saturated rings. The molecule has 0 aromatic heterocycles. The Morgan fingerprint density at radius 1 is 0.875 bits per heavy atom. The molecule has 0 saturated carbocycles. The fourth-order valence-electron chi connectivity index (χ4n) is 1.91. The number of rotatable bonds is 3. The maximum atomic E-state index is 5.89. The first-order valence-corrected chi connectivity index (χ1v) is 5.78. The summed E-state index contributed by atoms with van der Waals surface area (Å²) >= 11 is 5.89. The van der Waals surface area contributed by atoms with Crippen LogP contribution in [0.3, 0.4) is 0 Å². The van der Waals surface area contributed by atoms with Gasteiger partial charge in [0.25, 0.3) is 0 Å². The zero-order valence-electron chi connectivity index (χ0n) is 9.07. The van der Waals surface area contributed by atoms with E-state index in [1.54, 1.807) is 0 Å². The van der Waals surface area contributed by atoms with Crippen LogP contribution >= 0.6 is 11.6 Å². The summed E-state index contributed by atoms with van der Waals surface area (Å²) < 4.78 is 0. The molecular weight excluding hydrogens is 218 g/mol. The summed E-state index contributed by atoms with van der Waals surface area (Å²) in [6.07, 6.45) is 0. The van der Waals surface area contributed by atoms with Gasteiger partial charge in [0.1, 0.15) is 0 Å². The number of quaternary nitrogens is 1. The van der Waals surface area contributed by atoms with Crippen LogP contribution in [0, 0.1) is 0 Å². The lowest BCUT2D eigenvalue weighted by atomic mass is 9.91. The summed E-state index contributed by atoms with van der Waals surface area (Å²) in [6, 6.07) is 18.5. The molecule has 3 N–H and O–H groups in total. The summed E-state index contributed by atoms with van der Waals surface area (Å²) in [5.41, 5.74) is 6.60. The molecular formula is C14H15ClN+. The Hall–Kier alpha value is -1.31. The largest absolute Gasteiger partial charge is 0.357 e. The Labute approximate surface area is 101 Å². The number of hydrogen-bond acceptors (Lipinski definition) is 0. The van der Waals surface area contributed by atoms with Gasteiger partial charge in [0.2, 0.25) is 0 Å². The van der Waals surface area contributed by atoms with Crippen molar-refractivity contribution in [2.75, 3.05) is 6.54 Å². The summed E-state index contributed by atoms with van der Waals surface area (Å²) in [7, 11) is 0. The van der Waals surface area contributed by atoms with Crippen molar-refractivity contribution in [1.29, 1.82) is 0 Å². The first-order chi connectivity index (χ1) is 7.81. The average molecular weight is 233 g/mol. The van der Waals surface area contributed by atoms with Gasteiger partial charge in [0.15, 0.2) is 0 Å². The van der Waals surface area contributed by atoms with Gasteiger partial charge in [-0.05, 0) is 23.3 Å². The zero-order valence-corrected chi connectivity index (χ0v) is 9.82. The van der Waals surface area contributed by atoms with E-state index in [9.17, 15) is 0 Å². The van der Waals surface area contributed by atoms with E-state index >= 15 is 0 Å². The van der Waals surface area contributed by atoms with Crippen molar-refractivity contribution in [3.63, 3.8) is 0 Å². The molecule has 2 aromatic carbocycles. The molecule has 82 valence electrons. The van der Waals surface area contributed by atoms with Crippen LogP contribution in [-0.2, 0) is 0 Å². The molecule has 1 atom stereocenters. The second kappa shape index (κ2) is 5.15. The van der Waals surface area contributed by atoms with Crippen molar-refractivity contribution in [3.8, 4) is 0 Å². The Morgan fingerprint density at radius 3 is 2.00 bits per heavy atom. The van der Waals surface area contributed by atoms with E-state index in [4.69, 9.17) is 11.6 Å². The highest BCUT2D eigenvalue weighted by Crippen LogP contribution is 2.24. The maximum absolute atomic E-state index is 5.89. The second-order valence-corrected chi connectivity index (χ2v) is 4.24. The highest BCUT2D eigenvalue weighted by atomic mass is 35.5. The van der Waals surface area contributed by atoms with Crippen molar-refractivity contribution in [2.24, 2.45) is 0 Å². The monoisotopic (exact) mass is 232 g/mol. The third-order valence-electron chi connectivity index (χ3n) is 2.76. The highest BCUT2D eigenvalue weighted by Gasteiger charge is 2.13. The van der Waals surface area contributed by atoms with Gasteiger partial charge in [-0.1, -0.05) is 54.1 Å². The predicted molar refractivity (Wildman–Crippen MR) is 67.5 cm³/mol. The molecule has 2 aromatic rings. The van der Waals surface area contributed by atoms with Gasteiger partial charge in [-0.25, -0.2) is 0 Å². The first kappa shape index (κ1) is 11.2. The molecule has 0 aliphatic heterocycles. The van der Waals surface area contributed by atoms with E-state index in [1.165, 1.54) is 11.1 Å². The van der Waals surface area contributed by atoms with Crippen molar-refractivity contribution >= 4 is 11.6 Å². The van der Waals surface area contributed by atoms with Gasteiger partial charge < -0.3 is 5.73 Å². The molecule has 1 nitrogen and oxygen atoms in total. The Kier molecular flexibility index (Phi) is 3.60. The third-order valence-corrected chi connectivity index (χ3v) is 3.01. The number of halogens is 1.